The highest BCUT2D eigenvalue weighted by atomic mass is 16.3. The topological polar surface area (TPSA) is 29.5 Å². The Hall–Kier alpha value is -6.06. The molecule has 292 valence electrons. The van der Waals surface area contributed by atoms with Crippen LogP contribution in [0.2, 0.25) is 0 Å². The number of rotatable bonds is 3. The van der Waals surface area contributed by atoms with Gasteiger partial charge in [-0.15, -0.1) is 0 Å². The normalized spacial score (nSPS) is 15.2. The van der Waals surface area contributed by atoms with Crippen molar-refractivity contribution in [3.05, 3.63) is 161 Å². The third kappa shape index (κ3) is 4.94. The van der Waals surface area contributed by atoms with Crippen molar-refractivity contribution in [3.63, 3.8) is 0 Å². The molecule has 0 saturated heterocycles. The molecule has 0 amide bonds. The highest BCUT2D eigenvalue weighted by Gasteiger charge is 2.43. The number of hydrogen-bond donors (Lipinski definition) is 0. The Kier molecular flexibility index (Phi) is 7.20. The summed E-state index contributed by atoms with van der Waals surface area (Å²) in [5.41, 5.74) is 19.5. The second-order valence-corrected chi connectivity index (χ2v) is 20.2. The van der Waals surface area contributed by atoms with Crippen LogP contribution in [0.15, 0.2) is 136 Å². The van der Waals surface area contributed by atoms with Gasteiger partial charge in [0, 0.05) is 43.8 Å². The van der Waals surface area contributed by atoms with Gasteiger partial charge in [-0.3, -0.25) is 0 Å². The van der Waals surface area contributed by atoms with Crippen LogP contribution in [0.25, 0.3) is 66.1 Å². The third-order valence-electron chi connectivity index (χ3n) is 13.7. The van der Waals surface area contributed by atoms with Crippen molar-refractivity contribution in [2.24, 2.45) is 0 Å². The van der Waals surface area contributed by atoms with E-state index in [4.69, 9.17) is 8.83 Å². The van der Waals surface area contributed by atoms with Crippen molar-refractivity contribution < 1.29 is 8.83 Å². The zero-order valence-corrected chi connectivity index (χ0v) is 35.9. The molecule has 0 unspecified atom stereocenters. The van der Waals surface area contributed by atoms with Gasteiger partial charge in [-0.1, -0.05) is 148 Å². The van der Waals surface area contributed by atoms with Gasteiger partial charge in [0.1, 0.15) is 22.3 Å². The summed E-state index contributed by atoms with van der Waals surface area (Å²) in [6.45, 7) is 23.3. The molecule has 0 N–H and O–H groups in total. The Morgan fingerprint density at radius 3 is 1.92 bits per heavy atom. The Balaban J connectivity index is 1.19. The first kappa shape index (κ1) is 36.1. The molecule has 3 heteroatoms. The number of benzene rings is 7. The molecule has 2 aliphatic rings. The van der Waals surface area contributed by atoms with Crippen LogP contribution < -0.4 is 4.90 Å². The van der Waals surface area contributed by atoms with Crippen molar-refractivity contribution in [1.82, 2.24) is 0 Å². The lowest BCUT2D eigenvalue weighted by atomic mass is 9.79. The quantitative estimate of drug-likeness (QED) is 0.179. The second-order valence-electron chi connectivity index (χ2n) is 20.2. The summed E-state index contributed by atoms with van der Waals surface area (Å²) in [7, 11) is 0. The molecule has 7 aromatic carbocycles. The Bertz CT molecular complexity index is 3240. The summed E-state index contributed by atoms with van der Waals surface area (Å²) < 4.78 is 13.8. The van der Waals surface area contributed by atoms with Crippen LogP contribution in [0.3, 0.4) is 0 Å². The second kappa shape index (κ2) is 11.8. The average Bonchev–Trinajstić information content (AvgIpc) is 3.90. The monoisotopic (exact) mass is 769 g/mol. The van der Waals surface area contributed by atoms with Gasteiger partial charge in [-0.05, 0) is 104 Å². The molecule has 0 radical (unpaired) electrons. The van der Waals surface area contributed by atoms with E-state index in [0.717, 1.165) is 50.2 Å². The van der Waals surface area contributed by atoms with Crippen LogP contribution in [-0.4, -0.2) is 0 Å². The molecule has 0 saturated carbocycles. The van der Waals surface area contributed by atoms with Gasteiger partial charge in [0.05, 0.1) is 16.8 Å². The largest absolute Gasteiger partial charge is 0.456 e. The van der Waals surface area contributed by atoms with Gasteiger partial charge in [-0.2, -0.15) is 0 Å². The SMILES string of the molecule is CC(C)(C)c1cc(C(C)(C)C)c2oc3c4c(ccc3c2c1)-c1cccc(N(c2ccc3c(c2)C(C)(C)c2ccccc2-3)c2cccc3oc5ccccc5c23)c1C4(C)C. The first-order valence-corrected chi connectivity index (χ1v) is 21.2. The van der Waals surface area contributed by atoms with Crippen LogP contribution in [0.5, 0.6) is 0 Å². The van der Waals surface area contributed by atoms with Crippen LogP contribution in [-0.2, 0) is 21.7 Å². The first-order valence-electron chi connectivity index (χ1n) is 21.2. The zero-order valence-electron chi connectivity index (χ0n) is 35.9. The van der Waals surface area contributed by atoms with E-state index in [1.165, 1.54) is 66.4 Å². The minimum Gasteiger partial charge on any atom is -0.456 e. The molecule has 2 aromatic heterocycles. The number of anilines is 3. The molecule has 2 aliphatic carbocycles. The molecule has 0 bridgehead atoms. The van der Waals surface area contributed by atoms with Crippen molar-refractivity contribution in [2.45, 2.75) is 90.9 Å². The molecule has 0 spiro atoms. The molecule has 3 nitrogen and oxygen atoms in total. The van der Waals surface area contributed by atoms with E-state index >= 15 is 0 Å². The lowest BCUT2D eigenvalue weighted by molar-refractivity contribution is 0.556. The van der Waals surface area contributed by atoms with Gasteiger partial charge < -0.3 is 13.7 Å². The van der Waals surface area contributed by atoms with Gasteiger partial charge in [0.25, 0.3) is 0 Å². The summed E-state index contributed by atoms with van der Waals surface area (Å²) in [5, 5.41) is 4.61. The number of para-hydroxylation sites is 1. The van der Waals surface area contributed by atoms with Crippen LogP contribution in [0.1, 0.15) is 103 Å². The lowest BCUT2D eigenvalue weighted by Crippen LogP contribution is -2.21. The number of hydrogen-bond acceptors (Lipinski definition) is 3. The molecule has 0 fully saturated rings. The van der Waals surface area contributed by atoms with E-state index in [0.29, 0.717) is 0 Å². The van der Waals surface area contributed by atoms with Crippen molar-refractivity contribution in [3.8, 4) is 22.3 Å². The maximum Gasteiger partial charge on any atom is 0.140 e. The molecular formula is C56H51NO2. The number of furan rings is 2. The van der Waals surface area contributed by atoms with Crippen LogP contribution in [0, 0.1) is 0 Å². The van der Waals surface area contributed by atoms with Crippen molar-refractivity contribution >= 4 is 60.9 Å². The molecule has 0 aliphatic heterocycles. The van der Waals surface area contributed by atoms with E-state index in [1.54, 1.807) is 0 Å². The molecule has 59 heavy (non-hydrogen) atoms. The lowest BCUT2D eigenvalue weighted by Gasteiger charge is -2.33. The van der Waals surface area contributed by atoms with E-state index in [1.807, 2.05) is 0 Å². The summed E-state index contributed by atoms with van der Waals surface area (Å²) in [4.78, 5) is 2.51. The maximum atomic E-state index is 7.23. The number of fused-ring (bicyclic) bond motifs is 13. The smallest absolute Gasteiger partial charge is 0.140 e. The fourth-order valence-electron chi connectivity index (χ4n) is 10.7. The van der Waals surface area contributed by atoms with Gasteiger partial charge >= 0.3 is 0 Å². The van der Waals surface area contributed by atoms with Gasteiger partial charge in [-0.25, -0.2) is 0 Å². The van der Waals surface area contributed by atoms with E-state index < -0.39 is 5.41 Å². The van der Waals surface area contributed by atoms with Gasteiger partial charge in [0.2, 0.25) is 0 Å². The maximum absolute atomic E-state index is 7.23. The van der Waals surface area contributed by atoms with Gasteiger partial charge in [0.15, 0.2) is 0 Å². The minimum absolute atomic E-state index is 0.00110. The molecule has 11 rings (SSSR count). The highest BCUT2D eigenvalue weighted by Crippen LogP contribution is 2.59. The van der Waals surface area contributed by atoms with Crippen molar-refractivity contribution in [2.75, 3.05) is 4.90 Å². The minimum atomic E-state index is -0.403. The summed E-state index contributed by atoms with van der Waals surface area (Å²) in [5.74, 6) is 0. The highest BCUT2D eigenvalue weighted by molar-refractivity contribution is 6.15. The Morgan fingerprint density at radius 1 is 0.458 bits per heavy atom. The summed E-state index contributed by atoms with van der Waals surface area (Å²) in [6.07, 6.45) is 0. The van der Waals surface area contributed by atoms with E-state index in [-0.39, 0.29) is 16.2 Å². The summed E-state index contributed by atoms with van der Waals surface area (Å²) in [6, 6.07) is 47.3. The first-order chi connectivity index (χ1) is 28.0. The number of nitrogens with zero attached hydrogens (tertiary/aromatic N) is 1. The third-order valence-corrected chi connectivity index (χ3v) is 13.7. The van der Waals surface area contributed by atoms with Crippen molar-refractivity contribution in [1.29, 1.82) is 0 Å². The standard InChI is InChI=1S/C56H51NO2/c1-53(2,3)32-29-40-38-28-27-37-36-19-15-22-45(49(36)56(9,10)50(37)52(38)59-51(40)43(30-32)54(4,5)6)57(44-21-16-24-47-48(44)39-18-12-14-23-46(39)58-47)33-25-26-35-34-17-11-13-20-41(34)55(7,8)42(35)31-33/h11-31H,1-10H3. The predicted octanol–water partition coefficient (Wildman–Crippen LogP) is 16.2. The van der Waals surface area contributed by atoms with Crippen LogP contribution in [0.4, 0.5) is 17.1 Å². The fraction of sp³-hybridized carbons (Fsp3) is 0.250. The predicted molar refractivity (Wildman–Crippen MR) is 248 cm³/mol. The Labute approximate surface area is 347 Å². The molecule has 9 aromatic rings. The molecule has 2 heterocycles. The fourth-order valence-corrected chi connectivity index (χ4v) is 10.7. The zero-order chi connectivity index (χ0) is 41.0. The summed E-state index contributed by atoms with van der Waals surface area (Å²) >= 11 is 0. The molecule has 0 atom stereocenters. The van der Waals surface area contributed by atoms with E-state index in [9.17, 15) is 0 Å². The average molecular weight is 770 g/mol. The molecular weight excluding hydrogens is 719 g/mol. The Morgan fingerprint density at radius 2 is 1.12 bits per heavy atom. The van der Waals surface area contributed by atoms with E-state index in [2.05, 4.69) is 202 Å². The van der Waals surface area contributed by atoms with Crippen LogP contribution >= 0.6 is 0 Å².